The van der Waals surface area contributed by atoms with Gasteiger partial charge >= 0.3 is 0 Å². The van der Waals surface area contributed by atoms with Crippen LogP contribution in [-0.4, -0.2) is 38.9 Å². The van der Waals surface area contributed by atoms with Crippen molar-refractivity contribution in [3.8, 4) is 11.5 Å². The second-order valence-electron chi connectivity index (χ2n) is 5.08. The molecule has 0 spiro atoms. The van der Waals surface area contributed by atoms with Gasteiger partial charge in [-0.3, -0.25) is 0 Å². The molecule has 1 heterocycles. The summed E-state index contributed by atoms with van der Waals surface area (Å²) < 4.78 is 10.6. The van der Waals surface area contributed by atoms with Gasteiger partial charge in [-0.05, 0) is 30.5 Å². The van der Waals surface area contributed by atoms with Crippen molar-refractivity contribution in [3.05, 3.63) is 23.8 Å². The largest absolute Gasteiger partial charge is 0.493 e. The van der Waals surface area contributed by atoms with Crippen LogP contribution >= 0.6 is 0 Å². The van der Waals surface area contributed by atoms with Crippen LogP contribution in [0.2, 0.25) is 0 Å². The standard InChI is InChI=1S/C15H25N3O2/c1-19-14-7-6-12(10-15(14)20-2)13(11-16)17-18-8-4-3-5-9-18/h6-7,10,13,17H,3-5,8-9,11,16H2,1-2H3. The molecule has 5 heteroatoms. The van der Waals surface area contributed by atoms with E-state index in [1.807, 2.05) is 18.2 Å². The molecule has 112 valence electrons. The number of benzene rings is 1. The lowest BCUT2D eigenvalue weighted by molar-refractivity contribution is 0.130. The molecule has 1 fully saturated rings. The van der Waals surface area contributed by atoms with Gasteiger partial charge in [0, 0.05) is 19.6 Å². The molecule has 20 heavy (non-hydrogen) atoms. The Labute approximate surface area is 121 Å². The van der Waals surface area contributed by atoms with Gasteiger partial charge in [-0.25, -0.2) is 10.4 Å². The molecule has 0 amide bonds. The van der Waals surface area contributed by atoms with Crippen LogP contribution in [0.3, 0.4) is 0 Å². The molecule has 1 saturated heterocycles. The molecule has 1 atom stereocenters. The maximum atomic E-state index is 5.92. The Hall–Kier alpha value is -1.30. The molecule has 0 aromatic heterocycles. The Balaban J connectivity index is 2.09. The Bertz CT molecular complexity index is 420. The first kappa shape index (κ1) is 15.1. The molecule has 0 bridgehead atoms. The zero-order valence-corrected chi connectivity index (χ0v) is 12.4. The van der Waals surface area contributed by atoms with Gasteiger partial charge in [0.2, 0.25) is 0 Å². The highest BCUT2D eigenvalue weighted by atomic mass is 16.5. The van der Waals surface area contributed by atoms with Crippen molar-refractivity contribution in [1.29, 1.82) is 0 Å². The third kappa shape index (κ3) is 3.62. The van der Waals surface area contributed by atoms with Crippen molar-refractivity contribution in [1.82, 2.24) is 10.4 Å². The maximum absolute atomic E-state index is 5.92. The SMILES string of the molecule is COc1ccc(C(CN)NN2CCCCC2)cc1OC. The molecular formula is C15H25N3O2. The highest BCUT2D eigenvalue weighted by Crippen LogP contribution is 2.30. The van der Waals surface area contributed by atoms with Gasteiger partial charge in [0.05, 0.1) is 20.3 Å². The molecule has 1 aromatic rings. The number of hydrogen-bond donors (Lipinski definition) is 2. The van der Waals surface area contributed by atoms with Gasteiger partial charge in [-0.2, -0.15) is 0 Å². The van der Waals surface area contributed by atoms with E-state index in [4.69, 9.17) is 15.2 Å². The topological polar surface area (TPSA) is 59.8 Å². The van der Waals surface area contributed by atoms with Gasteiger partial charge in [-0.15, -0.1) is 0 Å². The fourth-order valence-electron chi connectivity index (χ4n) is 2.58. The molecule has 0 aliphatic carbocycles. The van der Waals surface area contributed by atoms with Gasteiger partial charge in [0.25, 0.3) is 0 Å². The number of piperidine rings is 1. The molecule has 3 N–H and O–H groups in total. The molecule has 1 aromatic carbocycles. The summed E-state index contributed by atoms with van der Waals surface area (Å²) in [4.78, 5) is 0. The zero-order valence-electron chi connectivity index (χ0n) is 12.4. The molecule has 0 radical (unpaired) electrons. The van der Waals surface area contributed by atoms with E-state index in [1.165, 1.54) is 19.3 Å². The molecule has 2 rings (SSSR count). The third-order valence-electron chi connectivity index (χ3n) is 3.74. The number of hydrazine groups is 1. The number of ether oxygens (including phenoxy) is 2. The average Bonchev–Trinajstić information content (AvgIpc) is 2.53. The normalized spacial score (nSPS) is 17.8. The van der Waals surface area contributed by atoms with Gasteiger partial charge < -0.3 is 15.2 Å². The summed E-state index contributed by atoms with van der Waals surface area (Å²) in [7, 11) is 3.29. The van der Waals surface area contributed by atoms with Crippen LogP contribution in [0.15, 0.2) is 18.2 Å². The fourth-order valence-corrected chi connectivity index (χ4v) is 2.58. The Morgan fingerprint density at radius 2 is 1.85 bits per heavy atom. The van der Waals surface area contributed by atoms with Crippen molar-refractivity contribution < 1.29 is 9.47 Å². The average molecular weight is 279 g/mol. The summed E-state index contributed by atoms with van der Waals surface area (Å²) >= 11 is 0. The Kier molecular flexibility index (Phi) is 5.64. The van der Waals surface area contributed by atoms with E-state index < -0.39 is 0 Å². The second kappa shape index (κ2) is 7.47. The van der Waals surface area contributed by atoms with Crippen LogP contribution in [0.25, 0.3) is 0 Å². The molecule has 1 aliphatic heterocycles. The van der Waals surface area contributed by atoms with Gasteiger partial charge in [-0.1, -0.05) is 12.5 Å². The molecule has 1 unspecified atom stereocenters. The van der Waals surface area contributed by atoms with Crippen LogP contribution in [-0.2, 0) is 0 Å². The fraction of sp³-hybridized carbons (Fsp3) is 0.600. The Morgan fingerprint density at radius 3 is 2.45 bits per heavy atom. The van der Waals surface area contributed by atoms with Crippen molar-refractivity contribution in [2.24, 2.45) is 5.73 Å². The Morgan fingerprint density at radius 1 is 1.15 bits per heavy atom. The first-order chi connectivity index (χ1) is 9.78. The van der Waals surface area contributed by atoms with Crippen molar-refractivity contribution in [2.75, 3.05) is 33.9 Å². The van der Waals surface area contributed by atoms with Crippen molar-refractivity contribution >= 4 is 0 Å². The summed E-state index contributed by atoms with van der Waals surface area (Å²) in [6.45, 7) is 2.72. The summed E-state index contributed by atoms with van der Waals surface area (Å²) in [6.07, 6.45) is 3.81. The number of hydrogen-bond acceptors (Lipinski definition) is 5. The molecular weight excluding hydrogens is 254 g/mol. The van der Waals surface area contributed by atoms with Crippen LogP contribution in [0.1, 0.15) is 30.9 Å². The van der Waals surface area contributed by atoms with Crippen molar-refractivity contribution in [2.45, 2.75) is 25.3 Å². The zero-order chi connectivity index (χ0) is 14.4. The van der Waals surface area contributed by atoms with Crippen LogP contribution in [0.4, 0.5) is 0 Å². The van der Waals surface area contributed by atoms with Gasteiger partial charge in [0.15, 0.2) is 11.5 Å². The highest BCUT2D eigenvalue weighted by Gasteiger charge is 2.17. The monoisotopic (exact) mass is 279 g/mol. The molecule has 1 aliphatic rings. The van der Waals surface area contributed by atoms with Crippen molar-refractivity contribution in [3.63, 3.8) is 0 Å². The predicted molar refractivity (Wildman–Crippen MR) is 79.9 cm³/mol. The third-order valence-corrected chi connectivity index (χ3v) is 3.74. The number of methoxy groups -OCH3 is 2. The number of nitrogens with two attached hydrogens (primary N) is 1. The minimum Gasteiger partial charge on any atom is -0.493 e. The summed E-state index contributed by atoms with van der Waals surface area (Å²) in [6, 6.07) is 6.06. The smallest absolute Gasteiger partial charge is 0.161 e. The summed E-state index contributed by atoms with van der Waals surface area (Å²) in [5.41, 5.74) is 10.6. The number of nitrogens with one attached hydrogen (secondary N) is 1. The second-order valence-corrected chi connectivity index (χ2v) is 5.08. The van der Waals surface area contributed by atoms with E-state index in [1.54, 1.807) is 14.2 Å². The lowest BCUT2D eigenvalue weighted by Gasteiger charge is -2.31. The summed E-state index contributed by atoms with van der Waals surface area (Å²) in [5, 5.41) is 2.28. The summed E-state index contributed by atoms with van der Waals surface area (Å²) in [5.74, 6) is 1.48. The molecule has 0 saturated carbocycles. The van der Waals surface area contributed by atoms with Crippen LogP contribution in [0.5, 0.6) is 11.5 Å². The van der Waals surface area contributed by atoms with E-state index >= 15 is 0 Å². The first-order valence-electron chi connectivity index (χ1n) is 7.21. The lowest BCUT2D eigenvalue weighted by atomic mass is 10.1. The predicted octanol–water partition coefficient (Wildman–Crippen LogP) is 1.69. The van der Waals surface area contributed by atoms with E-state index in [-0.39, 0.29) is 6.04 Å². The van der Waals surface area contributed by atoms with Crippen LogP contribution in [0, 0.1) is 0 Å². The number of rotatable bonds is 6. The van der Waals surface area contributed by atoms with E-state index in [0.29, 0.717) is 6.54 Å². The van der Waals surface area contributed by atoms with E-state index in [9.17, 15) is 0 Å². The minimum atomic E-state index is 0.105. The van der Waals surface area contributed by atoms with E-state index in [0.717, 1.165) is 30.2 Å². The first-order valence-corrected chi connectivity index (χ1v) is 7.21. The minimum absolute atomic E-state index is 0.105. The highest BCUT2D eigenvalue weighted by molar-refractivity contribution is 5.43. The lowest BCUT2D eigenvalue weighted by Crippen LogP contribution is -2.45. The van der Waals surface area contributed by atoms with Crippen LogP contribution < -0.4 is 20.6 Å². The van der Waals surface area contributed by atoms with Gasteiger partial charge in [0.1, 0.15) is 0 Å². The maximum Gasteiger partial charge on any atom is 0.161 e. The quantitative estimate of drug-likeness (QED) is 0.830. The van der Waals surface area contributed by atoms with E-state index in [2.05, 4.69) is 10.4 Å². The molecule has 5 nitrogen and oxygen atoms in total. The number of nitrogens with zero attached hydrogens (tertiary/aromatic N) is 1.